The van der Waals surface area contributed by atoms with Crippen LogP contribution in [0.3, 0.4) is 0 Å². The second kappa shape index (κ2) is 2.34. The van der Waals surface area contributed by atoms with Crippen molar-refractivity contribution in [2.75, 3.05) is 0 Å². The summed E-state index contributed by atoms with van der Waals surface area (Å²) in [5.41, 5.74) is 0.282. The Labute approximate surface area is 67.9 Å². The fourth-order valence-electron chi connectivity index (χ4n) is 1.03. The van der Waals surface area contributed by atoms with Crippen LogP contribution in [0.1, 0.15) is 5.76 Å². The van der Waals surface area contributed by atoms with Crippen molar-refractivity contribution >= 4 is 17.4 Å². The van der Waals surface area contributed by atoms with Crippen LogP contribution in [0.5, 0.6) is 0 Å². The van der Waals surface area contributed by atoms with Gasteiger partial charge in [0.2, 0.25) is 0 Å². The fourth-order valence-corrected chi connectivity index (χ4v) is 1.03. The van der Waals surface area contributed by atoms with Crippen LogP contribution in [0.4, 0.5) is 0 Å². The summed E-state index contributed by atoms with van der Waals surface area (Å²) in [6, 6.07) is 3.29. The third-order valence-electron chi connectivity index (χ3n) is 1.54. The molecule has 0 fully saturated rings. The molecule has 0 radical (unpaired) electrons. The second-order valence-corrected chi connectivity index (χ2v) is 2.35. The van der Waals surface area contributed by atoms with Crippen molar-refractivity contribution in [3.63, 3.8) is 0 Å². The number of hydrogen-bond donors (Lipinski definition) is 1. The third kappa shape index (κ3) is 0.934. The third-order valence-corrected chi connectivity index (χ3v) is 1.54. The lowest BCUT2D eigenvalue weighted by Crippen LogP contribution is -2.21. The SMILES string of the molecule is O=C1C=C(c2ccco2)C(=O)N1. The van der Waals surface area contributed by atoms with E-state index < -0.39 is 11.8 Å². The maximum absolute atomic E-state index is 11.0. The Kier molecular flexibility index (Phi) is 1.33. The van der Waals surface area contributed by atoms with Crippen molar-refractivity contribution in [2.45, 2.75) is 0 Å². The molecule has 1 aromatic heterocycles. The van der Waals surface area contributed by atoms with Crippen LogP contribution in [0.15, 0.2) is 28.9 Å². The lowest BCUT2D eigenvalue weighted by Gasteiger charge is -1.91. The zero-order valence-electron chi connectivity index (χ0n) is 6.03. The number of rotatable bonds is 1. The Bertz CT molecular complexity index is 362. The fraction of sp³-hybridized carbons (Fsp3) is 0. The van der Waals surface area contributed by atoms with E-state index in [1.165, 1.54) is 12.3 Å². The Hall–Kier alpha value is -1.84. The van der Waals surface area contributed by atoms with Crippen molar-refractivity contribution < 1.29 is 14.0 Å². The molecule has 1 N–H and O–H groups in total. The predicted molar refractivity (Wildman–Crippen MR) is 39.8 cm³/mol. The molecule has 0 spiro atoms. The summed E-state index contributed by atoms with van der Waals surface area (Å²) in [6.07, 6.45) is 2.67. The summed E-state index contributed by atoms with van der Waals surface area (Å²) >= 11 is 0. The van der Waals surface area contributed by atoms with Gasteiger partial charge in [0.05, 0.1) is 11.8 Å². The summed E-state index contributed by atoms with van der Waals surface area (Å²) in [6.45, 7) is 0. The highest BCUT2D eigenvalue weighted by Crippen LogP contribution is 2.17. The molecular weight excluding hydrogens is 158 g/mol. The maximum atomic E-state index is 11.0. The zero-order chi connectivity index (χ0) is 8.55. The molecule has 0 aliphatic carbocycles. The Morgan fingerprint density at radius 2 is 2.17 bits per heavy atom. The molecule has 0 aromatic carbocycles. The number of amides is 2. The molecule has 1 aliphatic rings. The molecule has 4 heteroatoms. The Morgan fingerprint density at radius 3 is 2.67 bits per heavy atom. The first-order valence-electron chi connectivity index (χ1n) is 3.38. The minimum absolute atomic E-state index is 0.282. The van der Waals surface area contributed by atoms with Gasteiger partial charge in [0.25, 0.3) is 11.8 Å². The summed E-state index contributed by atoms with van der Waals surface area (Å²) < 4.78 is 4.95. The predicted octanol–water partition coefficient (Wildman–Crippen LogP) is 0.319. The monoisotopic (exact) mass is 163 g/mol. The number of hydrogen-bond acceptors (Lipinski definition) is 3. The van der Waals surface area contributed by atoms with Gasteiger partial charge in [-0.3, -0.25) is 14.9 Å². The lowest BCUT2D eigenvalue weighted by molar-refractivity contribution is -0.123. The van der Waals surface area contributed by atoms with Crippen LogP contribution >= 0.6 is 0 Å². The minimum atomic E-state index is -0.407. The molecule has 2 heterocycles. The maximum Gasteiger partial charge on any atom is 0.262 e. The van der Waals surface area contributed by atoms with Crippen molar-refractivity contribution in [1.29, 1.82) is 0 Å². The largest absolute Gasteiger partial charge is 0.464 e. The van der Waals surface area contributed by atoms with Crippen LogP contribution in [-0.4, -0.2) is 11.8 Å². The molecule has 2 rings (SSSR count). The van der Waals surface area contributed by atoms with E-state index in [0.29, 0.717) is 5.76 Å². The first kappa shape index (κ1) is 6.84. The standard InChI is InChI=1S/C8H5NO3/c10-7-4-5(8(11)9-7)6-2-1-3-12-6/h1-4H,(H,9,10,11). The molecule has 0 unspecified atom stereocenters. The molecule has 0 atom stereocenters. The first-order chi connectivity index (χ1) is 5.77. The van der Waals surface area contributed by atoms with Crippen LogP contribution in [0.2, 0.25) is 0 Å². The Balaban J connectivity index is 2.43. The van der Waals surface area contributed by atoms with Crippen LogP contribution in [0.25, 0.3) is 5.57 Å². The van der Waals surface area contributed by atoms with Crippen molar-refractivity contribution in [1.82, 2.24) is 5.32 Å². The van der Waals surface area contributed by atoms with Gasteiger partial charge in [0.1, 0.15) is 5.76 Å². The zero-order valence-corrected chi connectivity index (χ0v) is 6.03. The van der Waals surface area contributed by atoms with Gasteiger partial charge in [-0.1, -0.05) is 0 Å². The molecule has 1 aromatic rings. The van der Waals surface area contributed by atoms with E-state index in [1.807, 2.05) is 0 Å². The van der Waals surface area contributed by atoms with Crippen LogP contribution in [0, 0.1) is 0 Å². The van der Waals surface area contributed by atoms with E-state index in [2.05, 4.69) is 5.32 Å². The quantitative estimate of drug-likeness (QED) is 0.606. The highest BCUT2D eigenvalue weighted by Gasteiger charge is 2.23. The van der Waals surface area contributed by atoms with E-state index >= 15 is 0 Å². The molecule has 0 bridgehead atoms. The molecule has 1 aliphatic heterocycles. The van der Waals surface area contributed by atoms with Gasteiger partial charge in [0, 0.05) is 6.08 Å². The normalized spacial score (nSPS) is 16.2. The average Bonchev–Trinajstić information content (AvgIpc) is 2.58. The summed E-state index contributed by atoms with van der Waals surface area (Å²) in [7, 11) is 0. The number of furan rings is 1. The molecule has 0 saturated heterocycles. The van der Waals surface area contributed by atoms with Gasteiger partial charge in [0.15, 0.2) is 0 Å². The van der Waals surface area contributed by atoms with Crippen molar-refractivity contribution in [2.24, 2.45) is 0 Å². The molecule has 2 amide bonds. The topological polar surface area (TPSA) is 59.3 Å². The van der Waals surface area contributed by atoms with E-state index in [4.69, 9.17) is 4.42 Å². The summed E-state index contributed by atoms with van der Waals surface area (Å²) in [5.74, 6) is -0.389. The smallest absolute Gasteiger partial charge is 0.262 e. The van der Waals surface area contributed by atoms with Gasteiger partial charge in [-0.05, 0) is 12.1 Å². The van der Waals surface area contributed by atoms with Crippen molar-refractivity contribution in [3.05, 3.63) is 30.2 Å². The van der Waals surface area contributed by atoms with Gasteiger partial charge in [-0.15, -0.1) is 0 Å². The molecule has 60 valence electrons. The Morgan fingerprint density at radius 1 is 1.33 bits per heavy atom. The second-order valence-electron chi connectivity index (χ2n) is 2.35. The van der Waals surface area contributed by atoms with Crippen molar-refractivity contribution in [3.8, 4) is 0 Å². The summed E-state index contributed by atoms with van der Waals surface area (Å²) in [4.78, 5) is 21.7. The van der Waals surface area contributed by atoms with Gasteiger partial charge >= 0.3 is 0 Å². The average molecular weight is 163 g/mol. The van der Waals surface area contributed by atoms with Gasteiger partial charge in [-0.2, -0.15) is 0 Å². The van der Waals surface area contributed by atoms with Gasteiger partial charge in [-0.25, -0.2) is 0 Å². The highest BCUT2D eigenvalue weighted by atomic mass is 16.3. The molecule has 0 saturated carbocycles. The van der Waals surface area contributed by atoms with E-state index in [-0.39, 0.29) is 5.57 Å². The number of carbonyl (C=O) groups is 2. The lowest BCUT2D eigenvalue weighted by atomic mass is 10.2. The number of carbonyl (C=O) groups excluding carboxylic acids is 2. The van der Waals surface area contributed by atoms with Gasteiger partial charge < -0.3 is 4.42 Å². The van der Waals surface area contributed by atoms with E-state index in [9.17, 15) is 9.59 Å². The van der Waals surface area contributed by atoms with E-state index in [1.54, 1.807) is 12.1 Å². The molecule has 12 heavy (non-hydrogen) atoms. The molecular formula is C8H5NO3. The van der Waals surface area contributed by atoms with Crippen LogP contribution < -0.4 is 5.32 Å². The minimum Gasteiger partial charge on any atom is -0.464 e. The first-order valence-corrected chi connectivity index (χ1v) is 3.38. The molecule has 4 nitrogen and oxygen atoms in total. The summed E-state index contributed by atoms with van der Waals surface area (Å²) in [5, 5.41) is 2.12. The highest BCUT2D eigenvalue weighted by molar-refractivity contribution is 6.32. The number of nitrogens with one attached hydrogen (secondary N) is 1. The number of imide groups is 1. The van der Waals surface area contributed by atoms with Crippen LogP contribution in [-0.2, 0) is 9.59 Å². The van der Waals surface area contributed by atoms with E-state index in [0.717, 1.165) is 0 Å².